The summed E-state index contributed by atoms with van der Waals surface area (Å²) in [5.74, 6) is -2.37. The second-order valence-electron chi connectivity index (χ2n) is 9.93. The van der Waals surface area contributed by atoms with Crippen molar-refractivity contribution in [2.45, 2.75) is 76.2 Å². The third-order valence-corrected chi connectivity index (χ3v) is 7.50. The van der Waals surface area contributed by atoms with Gasteiger partial charge in [0.25, 0.3) is 5.92 Å². The number of alkyl halides is 2. The van der Waals surface area contributed by atoms with Crippen LogP contribution in [0.2, 0.25) is 0 Å². The summed E-state index contributed by atoms with van der Waals surface area (Å²) < 4.78 is 45.6. The first-order valence-corrected chi connectivity index (χ1v) is 11.8. The third-order valence-electron chi connectivity index (χ3n) is 6.66. The molecule has 1 N–H and O–H groups in total. The molecular weight excluding hydrogens is 472 g/mol. The minimum absolute atomic E-state index is 0.0269. The molecule has 0 bridgehead atoms. The van der Waals surface area contributed by atoms with E-state index in [-0.39, 0.29) is 30.8 Å². The Morgan fingerprint density at radius 3 is 2.65 bits per heavy atom. The van der Waals surface area contributed by atoms with Gasteiger partial charge in [0.05, 0.1) is 41.9 Å². The van der Waals surface area contributed by atoms with Gasteiger partial charge in [0.1, 0.15) is 0 Å². The lowest BCUT2D eigenvalue weighted by Crippen LogP contribution is -2.53. The second kappa shape index (κ2) is 8.43. The van der Waals surface area contributed by atoms with Gasteiger partial charge in [-0.15, -0.1) is 0 Å². The number of piperidine rings is 1. The summed E-state index contributed by atoms with van der Waals surface area (Å²) in [7, 11) is 1.56. The van der Waals surface area contributed by atoms with E-state index in [0.29, 0.717) is 30.9 Å². The number of benzene rings is 1. The van der Waals surface area contributed by atoms with Crippen molar-refractivity contribution in [2.24, 2.45) is 5.92 Å². The zero-order valence-electron chi connectivity index (χ0n) is 18.6. The highest BCUT2D eigenvalue weighted by Gasteiger charge is 2.49. The van der Waals surface area contributed by atoms with Crippen LogP contribution in [-0.2, 0) is 11.2 Å². The molecule has 0 radical (unpaired) electrons. The second-order valence-corrected chi connectivity index (χ2v) is 10.7. The summed E-state index contributed by atoms with van der Waals surface area (Å²) >= 11 is 3.66. The van der Waals surface area contributed by atoms with E-state index in [4.69, 9.17) is 14.2 Å². The van der Waals surface area contributed by atoms with Gasteiger partial charge in [-0.3, -0.25) is 4.90 Å². The number of hydrogen-bond donors (Lipinski definition) is 1. The van der Waals surface area contributed by atoms with Crippen molar-refractivity contribution in [1.29, 1.82) is 0 Å². The fraction of sp³-hybridized carbons (Fsp3) is 0.739. The van der Waals surface area contributed by atoms with Gasteiger partial charge in [0, 0.05) is 25.6 Å². The highest BCUT2D eigenvalue weighted by molar-refractivity contribution is 9.10. The van der Waals surface area contributed by atoms with Crippen LogP contribution in [0, 0.1) is 5.92 Å². The smallest absolute Gasteiger partial charge is 0.254 e. The van der Waals surface area contributed by atoms with Crippen LogP contribution in [0.3, 0.4) is 0 Å². The minimum atomic E-state index is -2.64. The van der Waals surface area contributed by atoms with Gasteiger partial charge in [-0.1, -0.05) is 0 Å². The van der Waals surface area contributed by atoms with Crippen molar-refractivity contribution in [2.75, 3.05) is 26.8 Å². The lowest BCUT2D eigenvalue weighted by molar-refractivity contribution is -0.149. The molecule has 0 spiro atoms. The molecule has 0 amide bonds. The predicted molar refractivity (Wildman–Crippen MR) is 117 cm³/mol. The molecule has 1 saturated carbocycles. The highest BCUT2D eigenvalue weighted by Crippen LogP contribution is 2.49. The standard InChI is InChI=1S/C23H32BrF2NO4/c1-22(2,3)31-19-11-27-8-6-14-15(16(27)10-17(19)28)9-18(29-4)21(20(14)24)30-12-13-5-7-23(13,25)26/h9,13,16-17,19,28H,5-8,10-12H2,1-4H3/t13?,16-,17-,19-/m1/s1. The van der Waals surface area contributed by atoms with Crippen molar-refractivity contribution in [3.8, 4) is 11.5 Å². The highest BCUT2D eigenvalue weighted by atomic mass is 79.9. The Balaban J connectivity index is 1.56. The molecular formula is C23H32BrF2NO4. The Kier molecular flexibility index (Phi) is 6.31. The number of halogens is 3. The van der Waals surface area contributed by atoms with Crippen LogP contribution in [-0.4, -0.2) is 60.5 Å². The Hall–Kier alpha value is -0.960. The SMILES string of the molecule is COc1cc2c(c(Br)c1OCC1CCC1(F)F)CCN1C[C@@H](OC(C)(C)C)[C@H](O)C[C@H]21. The zero-order valence-corrected chi connectivity index (χ0v) is 20.2. The van der Waals surface area contributed by atoms with Crippen molar-refractivity contribution < 1.29 is 28.1 Å². The molecule has 0 aromatic heterocycles. The lowest BCUT2D eigenvalue weighted by Gasteiger charge is -2.47. The van der Waals surface area contributed by atoms with Crippen LogP contribution in [0.15, 0.2) is 10.5 Å². The van der Waals surface area contributed by atoms with Crippen LogP contribution < -0.4 is 9.47 Å². The summed E-state index contributed by atoms with van der Waals surface area (Å²) in [6.45, 7) is 7.47. The summed E-state index contributed by atoms with van der Waals surface area (Å²) in [5.41, 5.74) is 1.87. The number of nitrogens with zero attached hydrogens (tertiary/aromatic N) is 1. The molecule has 2 heterocycles. The van der Waals surface area contributed by atoms with Crippen LogP contribution in [0.4, 0.5) is 8.78 Å². The normalized spacial score (nSPS) is 30.2. The van der Waals surface area contributed by atoms with Gasteiger partial charge in [0.2, 0.25) is 0 Å². The predicted octanol–water partition coefficient (Wildman–Crippen LogP) is 4.73. The number of rotatable bonds is 5. The molecule has 2 aliphatic heterocycles. The monoisotopic (exact) mass is 503 g/mol. The summed E-state index contributed by atoms with van der Waals surface area (Å²) in [6, 6.07) is 2.00. The van der Waals surface area contributed by atoms with Crippen molar-refractivity contribution in [1.82, 2.24) is 4.90 Å². The van der Waals surface area contributed by atoms with Crippen molar-refractivity contribution in [3.63, 3.8) is 0 Å². The molecule has 1 aromatic rings. The number of ether oxygens (including phenoxy) is 3. The van der Waals surface area contributed by atoms with E-state index in [9.17, 15) is 13.9 Å². The van der Waals surface area contributed by atoms with Crippen LogP contribution >= 0.6 is 15.9 Å². The van der Waals surface area contributed by atoms with Gasteiger partial charge in [-0.05, 0) is 73.2 Å². The van der Waals surface area contributed by atoms with E-state index in [1.807, 2.05) is 26.8 Å². The largest absolute Gasteiger partial charge is 0.493 e. The molecule has 174 valence electrons. The molecule has 4 rings (SSSR count). The first kappa shape index (κ1) is 23.2. The van der Waals surface area contributed by atoms with Crippen molar-refractivity contribution >= 4 is 15.9 Å². The minimum Gasteiger partial charge on any atom is -0.493 e. The maximum atomic E-state index is 13.7. The molecule has 5 nitrogen and oxygen atoms in total. The first-order valence-electron chi connectivity index (χ1n) is 11.0. The fourth-order valence-corrected chi connectivity index (χ4v) is 5.60. The topological polar surface area (TPSA) is 51.2 Å². The van der Waals surface area contributed by atoms with Crippen LogP contribution in [0.25, 0.3) is 0 Å². The molecule has 3 aliphatic rings. The third kappa shape index (κ3) is 4.59. The maximum Gasteiger partial charge on any atom is 0.254 e. The number of aliphatic hydroxyl groups is 1. The summed E-state index contributed by atoms with van der Waals surface area (Å²) in [4.78, 5) is 2.35. The Morgan fingerprint density at radius 2 is 2.06 bits per heavy atom. The van der Waals surface area contributed by atoms with E-state index in [1.54, 1.807) is 7.11 Å². The Morgan fingerprint density at radius 1 is 1.32 bits per heavy atom. The average Bonchev–Trinajstić information content (AvgIpc) is 2.68. The zero-order chi connectivity index (χ0) is 22.6. The Bertz CT molecular complexity index is 829. The van der Waals surface area contributed by atoms with Gasteiger partial charge in [-0.2, -0.15) is 0 Å². The molecule has 31 heavy (non-hydrogen) atoms. The average molecular weight is 504 g/mol. The molecule has 1 aromatic carbocycles. The van der Waals surface area contributed by atoms with Gasteiger partial charge < -0.3 is 19.3 Å². The molecule has 8 heteroatoms. The summed E-state index contributed by atoms with van der Waals surface area (Å²) in [5, 5.41) is 10.8. The molecule has 1 saturated heterocycles. The maximum absolute atomic E-state index is 13.7. The quantitative estimate of drug-likeness (QED) is 0.629. The molecule has 1 unspecified atom stereocenters. The van der Waals surface area contributed by atoms with E-state index < -0.39 is 17.9 Å². The number of fused-ring (bicyclic) bond motifs is 3. The first-order chi connectivity index (χ1) is 14.5. The van der Waals surface area contributed by atoms with Crippen LogP contribution in [0.5, 0.6) is 11.5 Å². The Labute approximate surface area is 191 Å². The molecule has 4 atom stereocenters. The molecule has 1 aliphatic carbocycles. The van der Waals surface area contributed by atoms with E-state index in [1.165, 1.54) is 0 Å². The van der Waals surface area contributed by atoms with Gasteiger partial charge >= 0.3 is 0 Å². The van der Waals surface area contributed by atoms with E-state index in [0.717, 1.165) is 28.6 Å². The van der Waals surface area contributed by atoms with Gasteiger partial charge in [0.15, 0.2) is 11.5 Å². The van der Waals surface area contributed by atoms with Crippen molar-refractivity contribution in [3.05, 3.63) is 21.7 Å². The fourth-order valence-electron chi connectivity index (χ4n) is 4.86. The molecule has 2 fully saturated rings. The number of aliphatic hydroxyl groups excluding tert-OH is 1. The van der Waals surface area contributed by atoms with Crippen LogP contribution in [0.1, 0.15) is 57.2 Å². The number of methoxy groups -OCH3 is 1. The summed E-state index contributed by atoms with van der Waals surface area (Å²) in [6.07, 6.45) is 0.985. The lowest BCUT2D eigenvalue weighted by atomic mass is 9.81. The van der Waals surface area contributed by atoms with E-state index in [2.05, 4.69) is 20.8 Å². The number of hydrogen-bond acceptors (Lipinski definition) is 5. The van der Waals surface area contributed by atoms with Gasteiger partial charge in [-0.25, -0.2) is 8.78 Å². The van der Waals surface area contributed by atoms with E-state index >= 15 is 0 Å².